The summed E-state index contributed by atoms with van der Waals surface area (Å²) in [5.74, 6) is 0. The van der Waals surface area contributed by atoms with E-state index in [1.165, 1.54) is 26.8 Å². The lowest BCUT2D eigenvalue weighted by Gasteiger charge is -2.20. The van der Waals surface area contributed by atoms with Crippen molar-refractivity contribution in [1.29, 1.82) is 0 Å². The first-order valence-electron chi connectivity index (χ1n) is 4.03. The standard InChI is InChI=1S/C9H14O3Si/c1-5-6-13(7(2)10,8(3)11)9(4)12/h5H,1,6H2,2-4H3. The van der Waals surface area contributed by atoms with Crippen LogP contribution in [0.1, 0.15) is 20.8 Å². The van der Waals surface area contributed by atoms with Gasteiger partial charge in [-0.05, 0) is 26.8 Å². The highest BCUT2D eigenvalue weighted by Crippen LogP contribution is 2.14. The van der Waals surface area contributed by atoms with Gasteiger partial charge in [0.1, 0.15) is 16.2 Å². The van der Waals surface area contributed by atoms with Crippen LogP contribution >= 0.6 is 0 Å². The monoisotopic (exact) mass is 198 g/mol. The summed E-state index contributed by atoms with van der Waals surface area (Å²) in [5, 5.41) is -0.813. The molecule has 0 rings (SSSR count). The van der Waals surface area contributed by atoms with E-state index in [-0.39, 0.29) is 22.3 Å². The number of hydrogen-bond donors (Lipinski definition) is 0. The lowest BCUT2D eigenvalue weighted by Crippen LogP contribution is -2.56. The van der Waals surface area contributed by atoms with Gasteiger partial charge in [0.05, 0.1) is 0 Å². The summed E-state index contributed by atoms with van der Waals surface area (Å²) in [6.45, 7) is 7.42. The minimum Gasteiger partial charge on any atom is -0.305 e. The highest BCUT2D eigenvalue weighted by atomic mass is 28.3. The normalized spacial score (nSPS) is 10.7. The Morgan fingerprint density at radius 1 is 1.08 bits per heavy atom. The van der Waals surface area contributed by atoms with Crippen molar-refractivity contribution >= 4 is 24.3 Å². The van der Waals surface area contributed by atoms with Gasteiger partial charge in [0.2, 0.25) is 0 Å². The second-order valence-electron chi connectivity index (χ2n) is 3.07. The quantitative estimate of drug-likeness (QED) is 0.489. The third kappa shape index (κ3) is 2.01. The van der Waals surface area contributed by atoms with Gasteiger partial charge in [-0.15, -0.1) is 6.58 Å². The molecule has 0 saturated carbocycles. The Morgan fingerprint density at radius 3 is 1.46 bits per heavy atom. The van der Waals surface area contributed by atoms with Gasteiger partial charge in [-0.2, -0.15) is 0 Å². The third-order valence-corrected chi connectivity index (χ3v) is 6.76. The molecule has 0 bridgehead atoms. The number of hydrogen-bond acceptors (Lipinski definition) is 3. The lowest BCUT2D eigenvalue weighted by atomic mass is 10.7. The zero-order valence-corrected chi connectivity index (χ0v) is 9.22. The molecule has 0 fully saturated rings. The Bertz CT molecular complexity index is 232. The van der Waals surface area contributed by atoms with E-state index in [0.717, 1.165) is 0 Å². The molecule has 0 aromatic rings. The van der Waals surface area contributed by atoms with Crippen LogP contribution in [-0.2, 0) is 14.4 Å². The summed E-state index contributed by atoms with van der Waals surface area (Å²) in [5.41, 5.74) is 0. The predicted molar refractivity (Wildman–Crippen MR) is 52.8 cm³/mol. The van der Waals surface area contributed by atoms with Crippen LogP contribution in [0.2, 0.25) is 6.04 Å². The molecule has 0 radical (unpaired) electrons. The highest BCUT2D eigenvalue weighted by Gasteiger charge is 2.47. The second kappa shape index (κ2) is 4.27. The molecule has 0 amide bonds. The summed E-state index contributed by atoms with van der Waals surface area (Å²) in [7, 11) is -3.06. The average molecular weight is 198 g/mol. The van der Waals surface area contributed by atoms with E-state index < -0.39 is 8.07 Å². The molecular weight excluding hydrogens is 184 g/mol. The van der Waals surface area contributed by atoms with Crippen molar-refractivity contribution in [1.82, 2.24) is 0 Å². The van der Waals surface area contributed by atoms with Gasteiger partial charge in [-0.3, -0.25) is 0 Å². The molecule has 0 aliphatic rings. The third-order valence-electron chi connectivity index (χ3n) is 2.25. The fraction of sp³-hybridized carbons (Fsp3) is 0.444. The second-order valence-corrected chi connectivity index (χ2v) is 7.40. The van der Waals surface area contributed by atoms with E-state index in [2.05, 4.69) is 6.58 Å². The van der Waals surface area contributed by atoms with Crippen LogP contribution in [0.15, 0.2) is 12.7 Å². The Labute approximate surface area is 78.8 Å². The molecular formula is C9H14O3Si. The summed E-state index contributed by atoms with van der Waals surface area (Å²) in [6, 6.07) is 0.229. The minimum atomic E-state index is -3.06. The molecule has 4 heteroatoms. The topological polar surface area (TPSA) is 51.2 Å². The van der Waals surface area contributed by atoms with Crippen molar-refractivity contribution in [2.75, 3.05) is 0 Å². The first-order valence-corrected chi connectivity index (χ1v) is 6.24. The molecule has 0 heterocycles. The molecule has 72 valence electrons. The van der Waals surface area contributed by atoms with Crippen molar-refractivity contribution in [3.63, 3.8) is 0 Å². The minimum absolute atomic E-state index is 0.229. The van der Waals surface area contributed by atoms with Crippen molar-refractivity contribution in [2.45, 2.75) is 26.8 Å². The Kier molecular flexibility index (Phi) is 3.93. The number of carbonyl (C=O) groups excluding carboxylic acids is 3. The fourth-order valence-corrected chi connectivity index (χ4v) is 4.17. The molecule has 0 saturated heterocycles. The smallest absolute Gasteiger partial charge is 0.281 e. The van der Waals surface area contributed by atoms with Crippen LogP contribution in [0.5, 0.6) is 0 Å². The van der Waals surface area contributed by atoms with E-state index in [4.69, 9.17) is 0 Å². The van der Waals surface area contributed by atoms with Gasteiger partial charge in [-0.25, -0.2) is 0 Å². The molecule has 13 heavy (non-hydrogen) atoms. The van der Waals surface area contributed by atoms with Gasteiger partial charge in [0.15, 0.2) is 0 Å². The zero-order chi connectivity index (χ0) is 10.6. The first-order chi connectivity index (χ1) is 5.89. The van der Waals surface area contributed by atoms with E-state index in [9.17, 15) is 14.4 Å². The summed E-state index contributed by atoms with van der Waals surface area (Å²) >= 11 is 0. The molecule has 3 nitrogen and oxygen atoms in total. The largest absolute Gasteiger partial charge is 0.305 e. The summed E-state index contributed by atoms with van der Waals surface area (Å²) in [6.07, 6.45) is 1.48. The van der Waals surface area contributed by atoms with Crippen LogP contribution < -0.4 is 0 Å². The van der Waals surface area contributed by atoms with Crippen LogP contribution in [0.4, 0.5) is 0 Å². The molecule has 0 aromatic carbocycles. The molecule has 0 spiro atoms. The Balaban J connectivity index is 5.29. The summed E-state index contributed by atoms with van der Waals surface area (Å²) < 4.78 is 0. The van der Waals surface area contributed by atoms with E-state index in [1.807, 2.05) is 0 Å². The summed E-state index contributed by atoms with van der Waals surface area (Å²) in [4.78, 5) is 33.9. The first kappa shape index (κ1) is 12.0. The zero-order valence-electron chi connectivity index (χ0n) is 8.22. The Morgan fingerprint density at radius 2 is 1.38 bits per heavy atom. The highest BCUT2D eigenvalue weighted by molar-refractivity contribution is 7.40. The van der Waals surface area contributed by atoms with Crippen LogP contribution in [0.3, 0.4) is 0 Å². The molecule has 0 aromatic heterocycles. The van der Waals surface area contributed by atoms with E-state index in [1.54, 1.807) is 0 Å². The average Bonchev–Trinajstić information content (AvgIpc) is 1.97. The van der Waals surface area contributed by atoms with Gasteiger partial charge in [0.25, 0.3) is 8.07 Å². The lowest BCUT2D eigenvalue weighted by molar-refractivity contribution is -0.117. The van der Waals surface area contributed by atoms with Crippen molar-refractivity contribution in [2.24, 2.45) is 0 Å². The Hall–Kier alpha value is -1.03. The maximum Gasteiger partial charge on any atom is 0.281 e. The molecule has 0 unspecified atom stereocenters. The number of allylic oxidation sites excluding steroid dienone is 1. The maximum atomic E-state index is 11.3. The van der Waals surface area contributed by atoms with E-state index in [0.29, 0.717) is 0 Å². The van der Waals surface area contributed by atoms with Crippen molar-refractivity contribution in [3.8, 4) is 0 Å². The number of carbonyl (C=O) groups is 3. The van der Waals surface area contributed by atoms with Crippen molar-refractivity contribution < 1.29 is 14.4 Å². The van der Waals surface area contributed by atoms with Gasteiger partial charge in [-0.1, -0.05) is 6.08 Å². The van der Waals surface area contributed by atoms with Gasteiger partial charge < -0.3 is 14.4 Å². The fourth-order valence-electron chi connectivity index (χ4n) is 1.39. The molecule has 0 aliphatic carbocycles. The molecule has 0 N–H and O–H groups in total. The predicted octanol–water partition coefficient (Wildman–Crippen LogP) is 1.01. The molecule has 0 aliphatic heterocycles. The maximum absolute atomic E-state index is 11.3. The molecule has 0 atom stereocenters. The van der Waals surface area contributed by atoms with Gasteiger partial charge in [0, 0.05) is 0 Å². The van der Waals surface area contributed by atoms with Gasteiger partial charge >= 0.3 is 0 Å². The van der Waals surface area contributed by atoms with Crippen LogP contribution in [-0.4, -0.2) is 24.3 Å². The SMILES string of the molecule is C=CC[Si](C(C)=O)(C(C)=O)C(C)=O. The van der Waals surface area contributed by atoms with Crippen LogP contribution in [0.25, 0.3) is 0 Å². The van der Waals surface area contributed by atoms with E-state index >= 15 is 0 Å². The van der Waals surface area contributed by atoms with Crippen molar-refractivity contribution in [3.05, 3.63) is 12.7 Å². The number of rotatable bonds is 5. The van der Waals surface area contributed by atoms with Crippen LogP contribution in [0, 0.1) is 0 Å².